The van der Waals surface area contributed by atoms with Crippen LogP contribution < -0.4 is 5.32 Å². The van der Waals surface area contributed by atoms with Crippen LogP contribution in [0.4, 0.5) is 11.7 Å². The van der Waals surface area contributed by atoms with Gasteiger partial charge in [-0.3, -0.25) is 0 Å². The second-order valence-corrected chi connectivity index (χ2v) is 2.32. The number of hydrogen-bond donors (Lipinski definition) is 3. The first-order chi connectivity index (χ1) is 6.77. The Morgan fingerprint density at radius 2 is 2.43 bits per heavy atom. The number of H-pyrrole nitrogens is 1. The minimum absolute atomic E-state index is 0.0780. The lowest BCUT2D eigenvalue weighted by atomic mass is 10.4. The van der Waals surface area contributed by atoms with E-state index in [0.717, 1.165) is 0 Å². The van der Waals surface area contributed by atoms with Crippen LogP contribution in [-0.2, 0) is 0 Å². The highest BCUT2D eigenvalue weighted by Crippen LogP contribution is 2.15. The van der Waals surface area contributed by atoms with E-state index in [-0.39, 0.29) is 11.5 Å². The second-order valence-electron chi connectivity index (χ2n) is 2.32. The molecule has 0 bridgehead atoms. The highest BCUT2D eigenvalue weighted by atomic mass is 16.4. The molecule has 8 heteroatoms. The summed E-state index contributed by atoms with van der Waals surface area (Å²) in [6.07, 6.45) is 2.60. The molecule has 2 rings (SSSR count). The van der Waals surface area contributed by atoms with Crippen molar-refractivity contribution in [2.24, 2.45) is 0 Å². The van der Waals surface area contributed by atoms with Crippen molar-refractivity contribution in [3.63, 3.8) is 0 Å². The van der Waals surface area contributed by atoms with Gasteiger partial charge in [0, 0.05) is 0 Å². The van der Waals surface area contributed by atoms with E-state index in [4.69, 9.17) is 9.52 Å². The SMILES string of the molecule is O=C(O)c1n[nH]nc1Nc1cnco1. The van der Waals surface area contributed by atoms with Gasteiger partial charge in [-0.1, -0.05) is 0 Å². The van der Waals surface area contributed by atoms with Crippen molar-refractivity contribution in [3.8, 4) is 0 Å². The molecular weight excluding hydrogens is 190 g/mol. The summed E-state index contributed by atoms with van der Waals surface area (Å²) < 4.78 is 4.84. The highest BCUT2D eigenvalue weighted by Gasteiger charge is 2.15. The second kappa shape index (κ2) is 3.17. The number of rotatable bonds is 3. The molecule has 0 amide bonds. The monoisotopic (exact) mass is 195 g/mol. The van der Waals surface area contributed by atoms with Crippen molar-refractivity contribution in [1.82, 2.24) is 20.4 Å². The van der Waals surface area contributed by atoms with Crippen LogP contribution >= 0.6 is 0 Å². The molecule has 0 aliphatic heterocycles. The van der Waals surface area contributed by atoms with Crippen LogP contribution in [0.15, 0.2) is 17.0 Å². The number of anilines is 2. The standard InChI is InChI=1S/C6H5N5O3/c12-6(13)4-5(10-11-9-4)8-3-1-7-2-14-3/h1-2H,(H,12,13)(H2,8,9,10,11). The number of carboxylic acid groups (broad SMARTS) is 1. The van der Waals surface area contributed by atoms with Crippen LogP contribution in [0.5, 0.6) is 0 Å². The Morgan fingerprint density at radius 1 is 1.57 bits per heavy atom. The molecule has 0 aromatic carbocycles. The van der Waals surface area contributed by atoms with E-state index < -0.39 is 5.97 Å². The largest absolute Gasteiger partial charge is 0.476 e. The number of carboxylic acids is 1. The Balaban J connectivity index is 2.25. The summed E-state index contributed by atoms with van der Waals surface area (Å²) in [5.41, 5.74) is -0.207. The molecule has 8 nitrogen and oxygen atoms in total. The van der Waals surface area contributed by atoms with Crippen LogP contribution in [0.1, 0.15) is 10.5 Å². The Morgan fingerprint density at radius 3 is 3.07 bits per heavy atom. The fraction of sp³-hybridized carbons (Fsp3) is 0. The molecule has 0 fully saturated rings. The normalized spacial score (nSPS) is 10.0. The minimum atomic E-state index is -1.18. The minimum Gasteiger partial charge on any atom is -0.476 e. The maximum atomic E-state index is 10.6. The molecule has 0 saturated heterocycles. The molecule has 3 N–H and O–H groups in total. The van der Waals surface area contributed by atoms with E-state index in [2.05, 4.69) is 25.7 Å². The molecule has 0 aliphatic carbocycles. The number of aromatic nitrogens is 4. The van der Waals surface area contributed by atoms with Crippen LogP contribution in [0, 0.1) is 0 Å². The third-order valence-electron chi connectivity index (χ3n) is 1.42. The van der Waals surface area contributed by atoms with E-state index in [1.807, 2.05) is 0 Å². The molecule has 0 aliphatic rings. The summed E-state index contributed by atoms with van der Waals surface area (Å²) in [4.78, 5) is 14.2. The quantitative estimate of drug-likeness (QED) is 0.641. The molecule has 2 aromatic heterocycles. The van der Waals surface area contributed by atoms with Crippen molar-refractivity contribution < 1.29 is 14.3 Å². The average Bonchev–Trinajstić information content (AvgIpc) is 2.75. The van der Waals surface area contributed by atoms with E-state index in [0.29, 0.717) is 5.88 Å². The van der Waals surface area contributed by atoms with Crippen molar-refractivity contribution in [3.05, 3.63) is 18.3 Å². The maximum absolute atomic E-state index is 10.6. The smallest absolute Gasteiger partial charge is 0.360 e. The summed E-state index contributed by atoms with van der Waals surface area (Å²) in [5.74, 6) is -0.809. The zero-order valence-corrected chi connectivity index (χ0v) is 6.76. The number of hydrogen-bond acceptors (Lipinski definition) is 6. The third-order valence-corrected chi connectivity index (χ3v) is 1.42. The topological polar surface area (TPSA) is 117 Å². The van der Waals surface area contributed by atoms with Gasteiger partial charge in [-0.25, -0.2) is 9.78 Å². The molecule has 0 atom stereocenters. The summed E-state index contributed by atoms with van der Waals surface area (Å²) in [6.45, 7) is 0. The van der Waals surface area contributed by atoms with Crippen LogP contribution in [0.25, 0.3) is 0 Å². The molecule has 0 unspecified atom stereocenters. The van der Waals surface area contributed by atoms with Gasteiger partial charge in [-0.2, -0.15) is 5.21 Å². The van der Waals surface area contributed by atoms with Gasteiger partial charge in [0.15, 0.2) is 12.2 Å². The number of aromatic amines is 1. The summed E-state index contributed by atoms with van der Waals surface area (Å²) in [5, 5.41) is 20.5. The Hall–Kier alpha value is -2.38. The number of oxazole rings is 1. The Bertz CT molecular complexity index is 434. The number of aromatic carboxylic acids is 1. The summed E-state index contributed by atoms with van der Waals surface area (Å²) in [6, 6.07) is 0. The van der Waals surface area contributed by atoms with Crippen LogP contribution in [0.2, 0.25) is 0 Å². The molecule has 0 saturated carbocycles. The van der Waals surface area contributed by atoms with E-state index in [1.165, 1.54) is 12.6 Å². The Kier molecular flexibility index (Phi) is 1.86. The zero-order chi connectivity index (χ0) is 9.97. The molecule has 2 aromatic rings. The predicted molar refractivity (Wildman–Crippen MR) is 43.1 cm³/mol. The average molecular weight is 195 g/mol. The molecule has 72 valence electrons. The molecular formula is C6H5N5O3. The lowest BCUT2D eigenvalue weighted by molar-refractivity contribution is 0.0691. The first kappa shape index (κ1) is 8.23. The molecule has 0 radical (unpaired) electrons. The van der Waals surface area contributed by atoms with Gasteiger partial charge in [0.2, 0.25) is 11.6 Å². The molecule has 14 heavy (non-hydrogen) atoms. The van der Waals surface area contributed by atoms with Crippen molar-refractivity contribution >= 4 is 17.7 Å². The lowest BCUT2D eigenvalue weighted by Crippen LogP contribution is -2.01. The van der Waals surface area contributed by atoms with E-state index in [1.54, 1.807) is 0 Å². The third kappa shape index (κ3) is 1.40. The zero-order valence-electron chi connectivity index (χ0n) is 6.76. The first-order valence-corrected chi connectivity index (χ1v) is 3.57. The van der Waals surface area contributed by atoms with Crippen molar-refractivity contribution in [2.75, 3.05) is 5.32 Å². The van der Waals surface area contributed by atoms with Crippen LogP contribution in [-0.4, -0.2) is 31.5 Å². The number of nitrogens with one attached hydrogen (secondary N) is 2. The van der Waals surface area contributed by atoms with Crippen molar-refractivity contribution in [2.45, 2.75) is 0 Å². The van der Waals surface area contributed by atoms with Gasteiger partial charge >= 0.3 is 5.97 Å². The number of nitrogens with zero attached hydrogens (tertiary/aromatic N) is 3. The van der Waals surface area contributed by atoms with Crippen molar-refractivity contribution in [1.29, 1.82) is 0 Å². The highest BCUT2D eigenvalue weighted by molar-refractivity contribution is 5.91. The maximum Gasteiger partial charge on any atom is 0.360 e. The number of carbonyl (C=O) groups is 1. The lowest BCUT2D eigenvalue weighted by Gasteiger charge is -1.96. The van der Waals surface area contributed by atoms with Gasteiger partial charge in [0.1, 0.15) is 0 Å². The van der Waals surface area contributed by atoms with E-state index >= 15 is 0 Å². The van der Waals surface area contributed by atoms with Gasteiger partial charge in [0.05, 0.1) is 6.20 Å². The van der Waals surface area contributed by atoms with E-state index in [9.17, 15) is 4.79 Å². The van der Waals surface area contributed by atoms with Gasteiger partial charge in [-0.15, -0.1) is 10.2 Å². The molecule has 0 spiro atoms. The fourth-order valence-corrected chi connectivity index (χ4v) is 0.861. The van der Waals surface area contributed by atoms with Gasteiger partial charge in [-0.05, 0) is 0 Å². The molecule has 2 heterocycles. The predicted octanol–water partition coefficient (Wildman–Crippen LogP) is 0.234. The summed E-state index contributed by atoms with van der Waals surface area (Å²) >= 11 is 0. The Labute approximate surface area is 77.0 Å². The summed E-state index contributed by atoms with van der Waals surface area (Å²) in [7, 11) is 0. The van der Waals surface area contributed by atoms with Gasteiger partial charge in [0.25, 0.3) is 0 Å². The first-order valence-electron chi connectivity index (χ1n) is 3.57. The van der Waals surface area contributed by atoms with Crippen LogP contribution in [0.3, 0.4) is 0 Å². The van der Waals surface area contributed by atoms with Gasteiger partial charge < -0.3 is 14.8 Å². The fourth-order valence-electron chi connectivity index (χ4n) is 0.861.